The van der Waals surface area contributed by atoms with Gasteiger partial charge in [-0.1, -0.05) is 12.1 Å². The van der Waals surface area contributed by atoms with E-state index in [0.717, 1.165) is 17.5 Å². The van der Waals surface area contributed by atoms with Crippen molar-refractivity contribution in [3.8, 4) is 5.75 Å². The fourth-order valence-corrected chi connectivity index (χ4v) is 2.62. The maximum atomic E-state index is 13.2. The van der Waals surface area contributed by atoms with Crippen LogP contribution in [0.4, 0.5) is 36.2 Å². The number of nitrogens with one attached hydrogen (secondary N) is 2. The molecule has 0 bridgehead atoms. The third kappa shape index (κ3) is 4.91. The van der Waals surface area contributed by atoms with Crippen LogP contribution in [0.2, 0.25) is 0 Å². The molecule has 8 heteroatoms. The van der Waals surface area contributed by atoms with Gasteiger partial charge in [-0.15, -0.1) is 0 Å². The summed E-state index contributed by atoms with van der Waals surface area (Å²) in [7, 11) is 0. The molecule has 2 N–H and O–H groups in total. The molecule has 3 rings (SSSR count). The average molecular weight is 388 g/mol. The molecule has 0 saturated heterocycles. The van der Waals surface area contributed by atoms with Gasteiger partial charge in [0.25, 0.3) is 0 Å². The van der Waals surface area contributed by atoms with Crippen LogP contribution in [0, 0.1) is 6.92 Å². The molecule has 3 aromatic rings. The zero-order chi connectivity index (χ0) is 20.1. The zero-order valence-electron chi connectivity index (χ0n) is 15.3. The minimum atomic E-state index is -4.46. The molecule has 0 atom stereocenters. The fraction of sp³-hybridized carbons (Fsp3) is 0.200. The van der Waals surface area contributed by atoms with E-state index in [-0.39, 0.29) is 11.5 Å². The Kier molecular flexibility index (Phi) is 5.67. The van der Waals surface area contributed by atoms with Gasteiger partial charge in [-0.3, -0.25) is 0 Å². The maximum Gasteiger partial charge on any atom is 0.418 e. The van der Waals surface area contributed by atoms with Crippen LogP contribution in [0.25, 0.3) is 0 Å². The van der Waals surface area contributed by atoms with Crippen molar-refractivity contribution < 1.29 is 17.9 Å². The van der Waals surface area contributed by atoms with E-state index in [0.29, 0.717) is 18.2 Å². The third-order valence-electron chi connectivity index (χ3n) is 3.77. The second-order valence-electron chi connectivity index (χ2n) is 5.94. The van der Waals surface area contributed by atoms with E-state index in [2.05, 4.69) is 20.6 Å². The van der Waals surface area contributed by atoms with Gasteiger partial charge in [0.15, 0.2) is 0 Å². The standard InChI is InChI=1S/C20H19F3N4O/c1-3-28-15-10-8-14(9-11-15)26-18-12-19(25-13(2)24-18)27-17-7-5-4-6-16(17)20(21,22)23/h4-12H,3H2,1-2H3,(H2,24,25,26,27). The van der Waals surface area contributed by atoms with Crippen LogP contribution >= 0.6 is 0 Å². The Morgan fingerprint density at radius 1 is 0.929 bits per heavy atom. The van der Waals surface area contributed by atoms with E-state index >= 15 is 0 Å². The second-order valence-corrected chi connectivity index (χ2v) is 5.94. The predicted molar refractivity (Wildman–Crippen MR) is 102 cm³/mol. The largest absolute Gasteiger partial charge is 0.494 e. The Bertz CT molecular complexity index is 943. The topological polar surface area (TPSA) is 59.1 Å². The lowest BCUT2D eigenvalue weighted by Gasteiger charge is -2.15. The summed E-state index contributed by atoms with van der Waals surface area (Å²) in [6, 6.07) is 14.1. The average Bonchev–Trinajstić information content (AvgIpc) is 2.63. The number of rotatable bonds is 6. The monoisotopic (exact) mass is 388 g/mol. The van der Waals surface area contributed by atoms with Crippen molar-refractivity contribution >= 4 is 23.0 Å². The number of hydrogen-bond donors (Lipinski definition) is 2. The second kappa shape index (κ2) is 8.16. The van der Waals surface area contributed by atoms with Gasteiger partial charge >= 0.3 is 6.18 Å². The van der Waals surface area contributed by atoms with E-state index in [1.807, 2.05) is 31.2 Å². The molecule has 0 fully saturated rings. The van der Waals surface area contributed by atoms with Crippen molar-refractivity contribution in [1.82, 2.24) is 9.97 Å². The Morgan fingerprint density at radius 3 is 2.21 bits per heavy atom. The summed E-state index contributed by atoms with van der Waals surface area (Å²) in [5.74, 6) is 1.89. The van der Waals surface area contributed by atoms with Gasteiger partial charge in [-0.25, -0.2) is 9.97 Å². The van der Waals surface area contributed by atoms with E-state index in [4.69, 9.17) is 4.74 Å². The van der Waals surface area contributed by atoms with Crippen molar-refractivity contribution in [1.29, 1.82) is 0 Å². The van der Waals surface area contributed by atoms with Crippen LogP contribution in [0.15, 0.2) is 54.6 Å². The number of anilines is 4. The molecule has 0 aliphatic rings. The molecule has 5 nitrogen and oxygen atoms in total. The van der Waals surface area contributed by atoms with Gasteiger partial charge in [0.05, 0.1) is 17.9 Å². The number of hydrogen-bond acceptors (Lipinski definition) is 5. The summed E-state index contributed by atoms with van der Waals surface area (Å²) in [6.07, 6.45) is -4.46. The summed E-state index contributed by atoms with van der Waals surface area (Å²) in [5.41, 5.74) is -0.0596. The van der Waals surface area contributed by atoms with Gasteiger partial charge in [0.2, 0.25) is 0 Å². The number of aromatic nitrogens is 2. The van der Waals surface area contributed by atoms with Gasteiger partial charge in [-0.05, 0) is 50.2 Å². The first kappa shape index (κ1) is 19.5. The van der Waals surface area contributed by atoms with Crippen LogP contribution in [-0.4, -0.2) is 16.6 Å². The Hall–Kier alpha value is -3.29. The van der Waals surface area contributed by atoms with Crippen LogP contribution in [0.3, 0.4) is 0 Å². The molecule has 28 heavy (non-hydrogen) atoms. The molecular weight excluding hydrogens is 369 g/mol. The number of nitrogens with zero attached hydrogens (tertiary/aromatic N) is 2. The van der Waals surface area contributed by atoms with E-state index < -0.39 is 11.7 Å². The maximum absolute atomic E-state index is 13.2. The lowest BCUT2D eigenvalue weighted by molar-refractivity contribution is -0.136. The molecule has 1 aromatic heterocycles. The summed E-state index contributed by atoms with van der Waals surface area (Å²) in [4.78, 5) is 8.47. The fourth-order valence-electron chi connectivity index (χ4n) is 2.62. The molecular formula is C20H19F3N4O. The highest BCUT2D eigenvalue weighted by Gasteiger charge is 2.33. The van der Waals surface area contributed by atoms with E-state index in [1.165, 1.54) is 18.2 Å². The van der Waals surface area contributed by atoms with Crippen LogP contribution in [0.5, 0.6) is 5.75 Å². The molecule has 0 amide bonds. The molecule has 0 aliphatic carbocycles. The molecule has 1 heterocycles. The number of ether oxygens (including phenoxy) is 1. The number of halogens is 3. The van der Waals surface area contributed by atoms with Crippen LogP contribution < -0.4 is 15.4 Å². The highest BCUT2D eigenvalue weighted by Crippen LogP contribution is 2.35. The van der Waals surface area contributed by atoms with Crippen molar-refractivity contribution in [2.75, 3.05) is 17.2 Å². The van der Waals surface area contributed by atoms with E-state index in [9.17, 15) is 13.2 Å². The van der Waals surface area contributed by atoms with Gasteiger partial charge < -0.3 is 15.4 Å². The van der Waals surface area contributed by atoms with Gasteiger partial charge in [0.1, 0.15) is 23.2 Å². The summed E-state index contributed by atoms with van der Waals surface area (Å²) in [6.45, 7) is 4.15. The van der Waals surface area contributed by atoms with Crippen molar-refractivity contribution in [3.05, 3.63) is 66.0 Å². The van der Waals surface area contributed by atoms with E-state index in [1.54, 1.807) is 13.0 Å². The SMILES string of the molecule is CCOc1ccc(Nc2cc(Nc3ccccc3C(F)(F)F)nc(C)n2)cc1. The summed E-state index contributed by atoms with van der Waals surface area (Å²) in [5, 5.41) is 5.86. The van der Waals surface area contributed by atoms with Crippen molar-refractivity contribution in [2.45, 2.75) is 20.0 Å². The quantitative estimate of drug-likeness (QED) is 0.568. The minimum Gasteiger partial charge on any atom is -0.494 e. The first-order valence-electron chi connectivity index (χ1n) is 8.64. The summed E-state index contributed by atoms with van der Waals surface area (Å²) >= 11 is 0. The van der Waals surface area contributed by atoms with Crippen LogP contribution in [-0.2, 0) is 6.18 Å². The predicted octanol–water partition coefficient (Wildman–Crippen LogP) is 5.69. The lowest BCUT2D eigenvalue weighted by Crippen LogP contribution is -2.09. The number of aryl methyl sites for hydroxylation is 1. The van der Waals surface area contributed by atoms with Gasteiger partial charge in [-0.2, -0.15) is 13.2 Å². The number of benzene rings is 2. The normalized spacial score (nSPS) is 11.2. The minimum absolute atomic E-state index is 0.0693. The molecule has 146 valence electrons. The van der Waals surface area contributed by atoms with Gasteiger partial charge in [0, 0.05) is 11.8 Å². The van der Waals surface area contributed by atoms with Crippen molar-refractivity contribution in [2.24, 2.45) is 0 Å². The summed E-state index contributed by atoms with van der Waals surface area (Å²) < 4.78 is 45.0. The zero-order valence-corrected chi connectivity index (χ0v) is 15.3. The number of para-hydroxylation sites is 1. The first-order valence-corrected chi connectivity index (χ1v) is 8.64. The highest BCUT2D eigenvalue weighted by atomic mass is 19.4. The Morgan fingerprint density at radius 2 is 1.57 bits per heavy atom. The smallest absolute Gasteiger partial charge is 0.418 e. The molecule has 0 unspecified atom stereocenters. The first-order chi connectivity index (χ1) is 13.3. The molecule has 0 saturated carbocycles. The molecule has 2 aromatic carbocycles. The third-order valence-corrected chi connectivity index (χ3v) is 3.77. The molecule has 0 radical (unpaired) electrons. The highest BCUT2D eigenvalue weighted by molar-refractivity contribution is 5.65. The molecule has 0 aliphatic heterocycles. The Balaban J connectivity index is 1.82. The lowest BCUT2D eigenvalue weighted by atomic mass is 10.1. The van der Waals surface area contributed by atoms with Crippen LogP contribution in [0.1, 0.15) is 18.3 Å². The Labute approximate surface area is 160 Å². The number of alkyl halides is 3. The molecule has 0 spiro atoms. The van der Waals surface area contributed by atoms with Crippen molar-refractivity contribution in [3.63, 3.8) is 0 Å².